The average Bonchev–Trinajstić information content (AvgIpc) is 2.43. The van der Waals surface area contributed by atoms with Gasteiger partial charge >= 0.3 is 5.97 Å². The number of methoxy groups -OCH3 is 1. The molecule has 4 nitrogen and oxygen atoms in total. The second-order valence-electron chi connectivity index (χ2n) is 5.20. The van der Waals surface area contributed by atoms with Crippen LogP contribution in [-0.2, 0) is 27.4 Å². The number of hydrogen-bond donors (Lipinski definition) is 0. The molecule has 0 saturated carbocycles. The van der Waals surface area contributed by atoms with E-state index in [1.165, 1.54) is 13.4 Å². The molecule has 0 aromatic heterocycles. The molecule has 1 aromatic rings. The zero-order chi connectivity index (χ0) is 16.0. The molecule has 0 unspecified atom stereocenters. The third kappa shape index (κ3) is 4.30. The van der Waals surface area contributed by atoms with Crippen LogP contribution >= 0.6 is 0 Å². The molecule has 118 valence electrons. The van der Waals surface area contributed by atoms with Gasteiger partial charge in [0.05, 0.1) is 17.6 Å². The lowest BCUT2D eigenvalue weighted by molar-refractivity contribution is 0.0599. The molecule has 0 aliphatic rings. The van der Waals surface area contributed by atoms with Gasteiger partial charge in [0.15, 0.2) is 9.84 Å². The Balaban J connectivity index is 3.58. The van der Waals surface area contributed by atoms with Crippen molar-refractivity contribution in [1.82, 2.24) is 0 Å². The fourth-order valence-corrected chi connectivity index (χ4v) is 3.81. The summed E-state index contributed by atoms with van der Waals surface area (Å²) in [6.07, 6.45) is 5.14. The number of carbonyl (C=O) groups is 1. The normalized spacial score (nSPS) is 11.4. The number of rotatable bonds is 7. The lowest BCUT2D eigenvalue weighted by Crippen LogP contribution is -2.14. The van der Waals surface area contributed by atoms with Crippen molar-refractivity contribution in [2.75, 3.05) is 13.4 Å². The maximum Gasteiger partial charge on any atom is 0.338 e. The van der Waals surface area contributed by atoms with Gasteiger partial charge in [-0.25, -0.2) is 13.2 Å². The molecule has 0 N–H and O–H groups in total. The van der Waals surface area contributed by atoms with E-state index in [1.54, 1.807) is 12.1 Å². The summed E-state index contributed by atoms with van der Waals surface area (Å²) in [5.41, 5.74) is 1.76. The van der Waals surface area contributed by atoms with Crippen LogP contribution in [0.15, 0.2) is 17.0 Å². The van der Waals surface area contributed by atoms with E-state index in [0.29, 0.717) is 28.9 Å². The second-order valence-corrected chi connectivity index (χ2v) is 7.15. The molecule has 0 aliphatic heterocycles. The molecule has 0 heterocycles. The van der Waals surface area contributed by atoms with E-state index in [4.69, 9.17) is 4.74 Å². The Labute approximate surface area is 127 Å². The topological polar surface area (TPSA) is 60.4 Å². The summed E-state index contributed by atoms with van der Waals surface area (Å²) in [4.78, 5) is 12.2. The summed E-state index contributed by atoms with van der Waals surface area (Å²) in [5, 5.41) is 0. The third-order valence-electron chi connectivity index (χ3n) is 3.42. The van der Waals surface area contributed by atoms with Crippen molar-refractivity contribution in [2.45, 2.75) is 50.8 Å². The van der Waals surface area contributed by atoms with Crippen LogP contribution in [0.2, 0.25) is 0 Å². The quantitative estimate of drug-likeness (QED) is 0.726. The van der Waals surface area contributed by atoms with Gasteiger partial charge in [-0.05, 0) is 36.5 Å². The van der Waals surface area contributed by atoms with Gasteiger partial charge in [-0.15, -0.1) is 0 Å². The van der Waals surface area contributed by atoms with Crippen molar-refractivity contribution in [3.05, 3.63) is 28.8 Å². The Morgan fingerprint density at radius 2 is 1.81 bits per heavy atom. The highest BCUT2D eigenvalue weighted by atomic mass is 32.2. The monoisotopic (exact) mass is 312 g/mol. The van der Waals surface area contributed by atoms with E-state index in [0.717, 1.165) is 24.8 Å². The van der Waals surface area contributed by atoms with Crippen molar-refractivity contribution >= 4 is 15.8 Å². The molecular weight excluding hydrogens is 288 g/mol. The molecule has 21 heavy (non-hydrogen) atoms. The fourth-order valence-electron chi connectivity index (χ4n) is 2.50. The van der Waals surface area contributed by atoms with Gasteiger partial charge in [0, 0.05) is 6.26 Å². The summed E-state index contributed by atoms with van der Waals surface area (Å²) in [5.74, 6) is -0.481. The van der Waals surface area contributed by atoms with Crippen LogP contribution in [0.25, 0.3) is 0 Å². The maximum atomic E-state index is 12.2. The Bertz CT molecular complexity index is 603. The van der Waals surface area contributed by atoms with Gasteiger partial charge in [0.2, 0.25) is 0 Å². The van der Waals surface area contributed by atoms with Gasteiger partial charge < -0.3 is 4.74 Å². The van der Waals surface area contributed by atoms with E-state index in [-0.39, 0.29) is 0 Å². The van der Waals surface area contributed by atoms with Crippen LogP contribution in [0.1, 0.15) is 54.6 Å². The lowest BCUT2D eigenvalue weighted by Gasteiger charge is -2.16. The first-order valence-electron chi connectivity index (χ1n) is 7.29. The molecule has 0 aliphatic carbocycles. The predicted octanol–water partition coefficient (Wildman–Crippen LogP) is 3.17. The molecule has 0 spiro atoms. The summed E-state index contributed by atoms with van der Waals surface area (Å²) in [6.45, 7) is 4.03. The first-order chi connectivity index (χ1) is 9.86. The number of hydrogen-bond acceptors (Lipinski definition) is 4. The minimum Gasteiger partial charge on any atom is -0.465 e. The van der Waals surface area contributed by atoms with Crippen molar-refractivity contribution in [1.29, 1.82) is 0 Å². The second kappa shape index (κ2) is 7.59. The number of benzene rings is 1. The molecule has 0 amide bonds. The van der Waals surface area contributed by atoms with Crippen LogP contribution in [0.5, 0.6) is 0 Å². The minimum absolute atomic E-state index is 0.320. The number of ether oxygens (including phenoxy) is 1. The highest BCUT2D eigenvalue weighted by Gasteiger charge is 2.23. The SMILES string of the molecule is CCCCc1ccc(C(=O)OC)c(CCC)c1S(C)(=O)=O. The van der Waals surface area contributed by atoms with E-state index >= 15 is 0 Å². The molecule has 0 atom stereocenters. The first kappa shape index (κ1) is 17.7. The van der Waals surface area contributed by atoms with Crippen LogP contribution in [0, 0.1) is 0 Å². The smallest absolute Gasteiger partial charge is 0.338 e. The Kier molecular flexibility index (Phi) is 6.40. The average molecular weight is 312 g/mol. The number of sulfone groups is 1. The molecular formula is C16H24O4S. The number of carbonyl (C=O) groups excluding carboxylic acids is 1. The van der Waals surface area contributed by atoms with E-state index in [2.05, 4.69) is 6.92 Å². The van der Waals surface area contributed by atoms with Gasteiger partial charge in [0.25, 0.3) is 0 Å². The Hall–Kier alpha value is -1.36. The highest BCUT2D eigenvalue weighted by molar-refractivity contribution is 7.90. The number of unbranched alkanes of at least 4 members (excludes halogenated alkanes) is 1. The van der Waals surface area contributed by atoms with E-state index in [1.807, 2.05) is 6.92 Å². The van der Waals surface area contributed by atoms with Crippen LogP contribution < -0.4 is 0 Å². The van der Waals surface area contributed by atoms with Gasteiger partial charge in [-0.3, -0.25) is 0 Å². The van der Waals surface area contributed by atoms with Crippen molar-refractivity contribution in [3.63, 3.8) is 0 Å². The number of esters is 1. The standard InChI is InChI=1S/C16H24O4S/c1-5-7-9-12-10-11-14(16(17)20-3)13(8-6-2)15(12)21(4,18)19/h10-11H,5-9H2,1-4H3. The van der Waals surface area contributed by atoms with Crippen molar-refractivity contribution in [3.8, 4) is 0 Å². The summed E-state index contributed by atoms with van der Waals surface area (Å²) < 4.78 is 29.2. The zero-order valence-corrected chi connectivity index (χ0v) is 14.0. The summed E-state index contributed by atoms with van der Waals surface area (Å²) in [7, 11) is -2.08. The van der Waals surface area contributed by atoms with Gasteiger partial charge in [-0.2, -0.15) is 0 Å². The van der Waals surface area contributed by atoms with Crippen LogP contribution in [-0.4, -0.2) is 27.8 Å². The molecule has 0 saturated heterocycles. The molecule has 1 rings (SSSR count). The Morgan fingerprint density at radius 1 is 1.14 bits per heavy atom. The minimum atomic E-state index is -3.39. The van der Waals surface area contributed by atoms with Crippen LogP contribution in [0.3, 0.4) is 0 Å². The van der Waals surface area contributed by atoms with Crippen molar-refractivity contribution in [2.24, 2.45) is 0 Å². The molecule has 5 heteroatoms. The highest BCUT2D eigenvalue weighted by Crippen LogP contribution is 2.27. The molecule has 0 radical (unpaired) electrons. The van der Waals surface area contributed by atoms with Crippen LogP contribution in [0.4, 0.5) is 0 Å². The molecule has 0 bridgehead atoms. The van der Waals surface area contributed by atoms with Crippen molar-refractivity contribution < 1.29 is 17.9 Å². The Morgan fingerprint density at radius 3 is 2.29 bits per heavy atom. The number of aryl methyl sites for hydroxylation is 1. The predicted molar refractivity (Wildman–Crippen MR) is 83.5 cm³/mol. The fraction of sp³-hybridized carbons (Fsp3) is 0.562. The summed E-state index contributed by atoms with van der Waals surface area (Å²) >= 11 is 0. The zero-order valence-electron chi connectivity index (χ0n) is 13.2. The lowest BCUT2D eigenvalue weighted by atomic mass is 9.97. The summed E-state index contributed by atoms with van der Waals surface area (Å²) in [6, 6.07) is 3.44. The van der Waals surface area contributed by atoms with Gasteiger partial charge in [-0.1, -0.05) is 32.8 Å². The third-order valence-corrected chi connectivity index (χ3v) is 4.67. The maximum absolute atomic E-state index is 12.2. The largest absolute Gasteiger partial charge is 0.465 e. The molecule has 0 fully saturated rings. The van der Waals surface area contributed by atoms with E-state index in [9.17, 15) is 13.2 Å². The van der Waals surface area contributed by atoms with Gasteiger partial charge in [0.1, 0.15) is 0 Å². The molecule has 1 aromatic carbocycles. The first-order valence-corrected chi connectivity index (χ1v) is 9.19. The van der Waals surface area contributed by atoms with E-state index < -0.39 is 15.8 Å².